The van der Waals surface area contributed by atoms with Gasteiger partial charge in [0.05, 0.1) is 0 Å². The minimum atomic E-state index is -0.199. The first-order valence-electron chi connectivity index (χ1n) is 5.62. The van der Waals surface area contributed by atoms with Crippen molar-refractivity contribution < 1.29 is 4.79 Å². The highest BCUT2D eigenvalue weighted by atomic mass is 35.5. The van der Waals surface area contributed by atoms with Crippen molar-refractivity contribution in [3.63, 3.8) is 0 Å². The minimum absolute atomic E-state index is 0.199. The number of primary amides is 1. The molecule has 5 nitrogen and oxygen atoms in total. The molecule has 1 aromatic heterocycles. The predicted octanol–water partition coefficient (Wildman–Crippen LogP) is 1.28. The van der Waals surface area contributed by atoms with E-state index in [1.54, 1.807) is 0 Å². The van der Waals surface area contributed by atoms with Crippen LogP contribution in [0.5, 0.6) is 0 Å². The van der Waals surface area contributed by atoms with E-state index in [0.29, 0.717) is 16.7 Å². The van der Waals surface area contributed by atoms with Gasteiger partial charge in [0.25, 0.3) is 0 Å². The molecular weight excluding hydrogens is 260 g/mol. The van der Waals surface area contributed by atoms with Crippen molar-refractivity contribution in [3.05, 3.63) is 10.0 Å². The highest BCUT2D eigenvalue weighted by molar-refractivity contribution is 7.10. The monoisotopic (exact) mass is 274 g/mol. The fourth-order valence-electron chi connectivity index (χ4n) is 2.14. The van der Waals surface area contributed by atoms with Crippen molar-refractivity contribution in [2.75, 3.05) is 13.1 Å². The van der Waals surface area contributed by atoms with Gasteiger partial charge in [0, 0.05) is 24.5 Å². The molecule has 1 amide bonds. The molecule has 1 fully saturated rings. The molecule has 2 heterocycles. The molecule has 94 valence electrons. The number of piperidine rings is 1. The lowest BCUT2D eigenvalue weighted by molar-refractivity contribution is -0.119. The van der Waals surface area contributed by atoms with Crippen LogP contribution < -0.4 is 5.73 Å². The van der Waals surface area contributed by atoms with Crippen LogP contribution in [0.4, 0.5) is 0 Å². The Morgan fingerprint density at radius 2 is 2.24 bits per heavy atom. The average molecular weight is 275 g/mol. The number of nitrogens with two attached hydrogens (primary N) is 1. The van der Waals surface area contributed by atoms with Crippen LogP contribution in [0.25, 0.3) is 0 Å². The molecule has 0 spiro atoms. The maximum Gasteiger partial charge on any atom is 0.217 e. The lowest BCUT2D eigenvalue weighted by Crippen LogP contribution is -2.34. The molecule has 17 heavy (non-hydrogen) atoms. The molecule has 0 aliphatic carbocycles. The minimum Gasteiger partial charge on any atom is -0.370 e. The molecule has 0 radical (unpaired) electrons. The van der Waals surface area contributed by atoms with Gasteiger partial charge in [0.1, 0.15) is 10.0 Å². The van der Waals surface area contributed by atoms with E-state index in [0.717, 1.165) is 38.2 Å². The summed E-state index contributed by atoms with van der Waals surface area (Å²) < 4.78 is 4.48. The quantitative estimate of drug-likeness (QED) is 0.898. The zero-order valence-corrected chi connectivity index (χ0v) is 11.0. The fraction of sp³-hybridized carbons (Fsp3) is 0.700. The predicted molar refractivity (Wildman–Crippen MR) is 66.7 cm³/mol. The number of nitrogens with zero attached hydrogens (tertiary/aromatic N) is 3. The third-order valence-corrected chi connectivity index (χ3v) is 4.06. The van der Waals surface area contributed by atoms with Crippen LogP contribution in [0.15, 0.2) is 0 Å². The van der Waals surface area contributed by atoms with E-state index in [4.69, 9.17) is 17.3 Å². The van der Waals surface area contributed by atoms with E-state index >= 15 is 0 Å². The molecule has 1 aliphatic rings. The number of carbonyl (C=O) groups excluding carboxylic acids is 1. The summed E-state index contributed by atoms with van der Waals surface area (Å²) in [7, 11) is 0. The highest BCUT2D eigenvalue weighted by Gasteiger charge is 2.21. The second-order valence-corrected chi connectivity index (χ2v) is 5.74. The van der Waals surface area contributed by atoms with Crippen LogP contribution in [-0.2, 0) is 11.3 Å². The zero-order chi connectivity index (χ0) is 12.3. The van der Waals surface area contributed by atoms with Gasteiger partial charge in [-0.25, -0.2) is 0 Å². The van der Waals surface area contributed by atoms with Crippen molar-refractivity contribution in [1.29, 1.82) is 0 Å². The Morgan fingerprint density at radius 1 is 1.53 bits per heavy atom. The van der Waals surface area contributed by atoms with Crippen LogP contribution in [0.1, 0.15) is 25.0 Å². The number of hydrogen-bond donors (Lipinski definition) is 1. The van der Waals surface area contributed by atoms with Crippen LogP contribution in [0.2, 0.25) is 4.34 Å². The van der Waals surface area contributed by atoms with Crippen LogP contribution in [0.3, 0.4) is 0 Å². The summed E-state index contributed by atoms with van der Waals surface area (Å²) in [5, 5.41) is 4.00. The van der Waals surface area contributed by atoms with Crippen LogP contribution in [-0.4, -0.2) is 33.5 Å². The summed E-state index contributed by atoms with van der Waals surface area (Å²) in [6, 6.07) is 0. The van der Waals surface area contributed by atoms with E-state index in [2.05, 4.69) is 14.5 Å². The lowest BCUT2D eigenvalue weighted by atomic mass is 9.93. The first-order valence-corrected chi connectivity index (χ1v) is 6.77. The zero-order valence-electron chi connectivity index (χ0n) is 9.43. The fourth-order valence-corrected chi connectivity index (χ4v) is 2.75. The smallest absolute Gasteiger partial charge is 0.217 e. The van der Waals surface area contributed by atoms with Crippen molar-refractivity contribution in [3.8, 4) is 0 Å². The number of halogens is 1. The van der Waals surface area contributed by atoms with Gasteiger partial charge >= 0.3 is 0 Å². The van der Waals surface area contributed by atoms with Gasteiger partial charge in [-0.1, -0.05) is 16.1 Å². The SMILES string of the molecule is NC(=O)CC1CCN(Cc2nnsc2Cl)CC1. The van der Waals surface area contributed by atoms with E-state index < -0.39 is 0 Å². The topological polar surface area (TPSA) is 72.1 Å². The Kier molecular flexibility index (Phi) is 4.31. The van der Waals surface area contributed by atoms with Crippen LogP contribution in [0, 0.1) is 5.92 Å². The number of rotatable bonds is 4. The summed E-state index contributed by atoms with van der Waals surface area (Å²) in [6.45, 7) is 2.68. The molecule has 0 saturated carbocycles. The average Bonchev–Trinajstić information content (AvgIpc) is 2.67. The van der Waals surface area contributed by atoms with Gasteiger partial charge in [0.2, 0.25) is 5.91 Å². The summed E-state index contributed by atoms with van der Waals surface area (Å²) in [4.78, 5) is 13.1. The molecule has 0 bridgehead atoms. The molecule has 0 atom stereocenters. The molecule has 2 rings (SSSR count). The second-order valence-electron chi connectivity index (χ2n) is 4.38. The normalized spacial score (nSPS) is 18.4. The lowest BCUT2D eigenvalue weighted by Gasteiger charge is -2.30. The van der Waals surface area contributed by atoms with Gasteiger partial charge in [-0.15, -0.1) is 5.10 Å². The Bertz CT molecular complexity index is 389. The number of aromatic nitrogens is 2. The first kappa shape index (κ1) is 12.7. The van der Waals surface area contributed by atoms with Crippen molar-refractivity contribution in [2.45, 2.75) is 25.8 Å². The molecular formula is C10H15ClN4OS. The summed E-state index contributed by atoms with van der Waals surface area (Å²) >= 11 is 7.18. The van der Waals surface area contributed by atoms with Gasteiger partial charge in [0.15, 0.2) is 0 Å². The number of amides is 1. The van der Waals surface area contributed by atoms with Gasteiger partial charge in [-0.3, -0.25) is 9.69 Å². The Balaban J connectivity index is 1.79. The van der Waals surface area contributed by atoms with Gasteiger partial charge in [-0.2, -0.15) is 0 Å². The Labute approximate surface area is 109 Å². The third kappa shape index (κ3) is 3.62. The largest absolute Gasteiger partial charge is 0.370 e. The molecule has 7 heteroatoms. The molecule has 0 unspecified atom stereocenters. The van der Waals surface area contributed by atoms with Crippen molar-refractivity contribution in [2.24, 2.45) is 11.7 Å². The van der Waals surface area contributed by atoms with Gasteiger partial charge in [-0.05, 0) is 31.8 Å². The molecule has 2 N–H and O–H groups in total. The highest BCUT2D eigenvalue weighted by Crippen LogP contribution is 2.24. The summed E-state index contributed by atoms with van der Waals surface area (Å²) in [5.74, 6) is 0.239. The van der Waals surface area contributed by atoms with E-state index in [9.17, 15) is 4.79 Å². The van der Waals surface area contributed by atoms with Crippen molar-refractivity contribution in [1.82, 2.24) is 14.5 Å². The van der Waals surface area contributed by atoms with E-state index in [-0.39, 0.29) is 5.91 Å². The van der Waals surface area contributed by atoms with Gasteiger partial charge < -0.3 is 5.73 Å². The number of hydrogen-bond acceptors (Lipinski definition) is 5. The molecule has 1 aromatic rings. The molecule has 1 saturated heterocycles. The summed E-state index contributed by atoms with van der Waals surface area (Å²) in [6.07, 6.45) is 2.53. The molecule has 1 aliphatic heterocycles. The maximum absolute atomic E-state index is 10.8. The maximum atomic E-state index is 10.8. The standard InChI is InChI=1S/C10H15ClN4OS/c11-10-8(13-14-17-10)6-15-3-1-7(2-4-15)5-9(12)16/h7H,1-6H2,(H2,12,16). The Morgan fingerprint density at radius 3 is 2.76 bits per heavy atom. The van der Waals surface area contributed by atoms with Crippen LogP contribution >= 0.6 is 23.1 Å². The van der Waals surface area contributed by atoms with E-state index in [1.165, 1.54) is 11.5 Å². The summed E-state index contributed by atoms with van der Waals surface area (Å²) in [5.41, 5.74) is 6.05. The second kappa shape index (κ2) is 5.75. The third-order valence-electron chi connectivity index (χ3n) is 3.08. The first-order chi connectivity index (χ1) is 8.15. The van der Waals surface area contributed by atoms with Crippen molar-refractivity contribution >= 4 is 29.0 Å². The van der Waals surface area contributed by atoms with E-state index in [1.807, 2.05) is 0 Å². The molecule has 0 aromatic carbocycles. The number of carbonyl (C=O) groups is 1. The number of likely N-dealkylation sites (tertiary alicyclic amines) is 1. The Hall–Kier alpha value is -0.720.